The molecule has 0 amide bonds. The predicted octanol–water partition coefficient (Wildman–Crippen LogP) is 2.94. The van der Waals surface area contributed by atoms with Crippen LogP contribution in [0.15, 0.2) is 41.7 Å². The molecule has 1 heterocycles. The second kappa shape index (κ2) is 5.33. The molecule has 0 aliphatic heterocycles. The van der Waals surface area contributed by atoms with Gasteiger partial charge in [-0.25, -0.2) is 0 Å². The topological polar surface area (TPSA) is 63.5 Å². The molecule has 2 rings (SSSR count). The second-order valence-electron chi connectivity index (χ2n) is 3.76. The first-order valence-corrected chi connectivity index (χ1v) is 5.94. The van der Waals surface area contributed by atoms with Crippen molar-refractivity contribution in [1.29, 1.82) is 0 Å². The smallest absolute Gasteiger partial charge is 0.186 e. The SMILES string of the molecule is N/C(=N/O)c1cccn1Cc1ccc(Cl)c(Cl)c1. The van der Waals surface area contributed by atoms with Crippen molar-refractivity contribution in [2.45, 2.75) is 6.54 Å². The fourth-order valence-corrected chi connectivity index (χ4v) is 1.99. The Morgan fingerprint density at radius 1 is 1.28 bits per heavy atom. The van der Waals surface area contributed by atoms with E-state index in [0.717, 1.165) is 5.56 Å². The summed E-state index contributed by atoms with van der Waals surface area (Å²) in [4.78, 5) is 0. The minimum atomic E-state index is 0.0695. The predicted molar refractivity (Wildman–Crippen MR) is 72.5 cm³/mol. The molecule has 0 atom stereocenters. The summed E-state index contributed by atoms with van der Waals surface area (Å²) in [6.07, 6.45) is 1.84. The fourth-order valence-electron chi connectivity index (χ4n) is 1.67. The van der Waals surface area contributed by atoms with Gasteiger partial charge in [0.15, 0.2) is 5.84 Å². The lowest BCUT2D eigenvalue weighted by molar-refractivity contribution is 0.318. The number of oxime groups is 1. The van der Waals surface area contributed by atoms with Crippen LogP contribution in [0.2, 0.25) is 10.0 Å². The lowest BCUT2D eigenvalue weighted by atomic mass is 10.2. The number of rotatable bonds is 3. The Hall–Kier alpha value is -1.65. The summed E-state index contributed by atoms with van der Waals surface area (Å²) < 4.78 is 1.86. The fraction of sp³-hybridized carbons (Fsp3) is 0.0833. The van der Waals surface area contributed by atoms with E-state index in [1.54, 1.807) is 18.2 Å². The molecule has 0 fully saturated rings. The quantitative estimate of drug-likeness (QED) is 0.394. The normalized spacial score (nSPS) is 11.8. The Bertz CT molecular complexity index is 593. The molecule has 2 aromatic rings. The molecular weight excluding hydrogens is 273 g/mol. The van der Waals surface area contributed by atoms with Gasteiger partial charge in [0.05, 0.1) is 15.7 Å². The Kier molecular flexibility index (Phi) is 3.79. The van der Waals surface area contributed by atoms with Crippen LogP contribution in [-0.2, 0) is 6.54 Å². The van der Waals surface area contributed by atoms with Gasteiger partial charge in [-0.1, -0.05) is 34.4 Å². The van der Waals surface area contributed by atoms with E-state index in [4.69, 9.17) is 34.1 Å². The average Bonchev–Trinajstić information content (AvgIpc) is 2.81. The van der Waals surface area contributed by atoms with Crippen LogP contribution in [0, 0.1) is 0 Å². The highest BCUT2D eigenvalue weighted by Gasteiger charge is 2.07. The monoisotopic (exact) mass is 283 g/mol. The van der Waals surface area contributed by atoms with Crippen LogP contribution in [0.5, 0.6) is 0 Å². The van der Waals surface area contributed by atoms with Crippen molar-refractivity contribution >= 4 is 29.0 Å². The number of benzene rings is 1. The first-order valence-electron chi connectivity index (χ1n) is 5.19. The minimum Gasteiger partial charge on any atom is -0.409 e. The molecule has 3 N–H and O–H groups in total. The molecular formula is C12H11Cl2N3O. The standard InChI is InChI=1S/C12H11Cl2N3O/c13-9-4-3-8(6-10(9)14)7-17-5-1-2-11(17)12(15)16-18/h1-6,18H,7H2,(H2,15,16). The number of nitrogens with zero attached hydrogens (tertiary/aromatic N) is 2. The Labute approximate surface area is 114 Å². The molecule has 0 aliphatic rings. The average molecular weight is 284 g/mol. The van der Waals surface area contributed by atoms with Crippen molar-refractivity contribution in [3.8, 4) is 0 Å². The zero-order valence-electron chi connectivity index (χ0n) is 9.35. The van der Waals surface area contributed by atoms with E-state index in [2.05, 4.69) is 5.16 Å². The van der Waals surface area contributed by atoms with Gasteiger partial charge in [0.2, 0.25) is 0 Å². The summed E-state index contributed by atoms with van der Waals surface area (Å²) in [5.74, 6) is 0.0695. The Balaban J connectivity index is 2.29. The highest BCUT2D eigenvalue weighted by molar-refractivity contribution is 6.42. The van der Waals surface area contributed by atoms with Gasteiger partial charge < -0.3 is 15.5 Å². The van der Waals surface area contributed by atoms with Crippen LogP contribution >= 0.6 is 23.2 Å². The van der Waals surface area contributed by atoms with Crippen molar-refractivity contribution in [1.82, 2.24) is 4.57 Å². The molecule has 6 heteroatoms. The maximum absolute atomic E-state index is 8.69. The first kappa shape index (κ1) is 12.8. The van der Waals surface area contributed by atoms with Crippen molar-refractivity contribution in [3.05, 3.63) is 57.8 Å². The van der Waals surface area contributed by atoms with Gasteiger partial charge in [-0.15, -0.1) is 0 Å². The largest absolute Gasteiger partial charge is 0.409 e. The summed E-state index contributed by atoms with van der Waals surface area (Å²) in [5, 5.41) is 12.7. The summed E-state index contributed by atoms with van der Waals surface area (Å²) in [6, 6.07) is 9.01. The Morgan fingerprint density at radius 3 is 2.72 bits per heavy atom. The zero-order valence-corrected chi connectivity index (χ0v) is 10.9. The highest BCUT2D eigenvalue weighted by atomic mass is 35.5. The molecule has 0 spiro atoms. The lowest BCUT2D eigenvalue weighted by Crippen LogP contribution is -2.18. The minimum absolute atomic E-state index is 0.0695. The molecule has 1 aromatic heterocycles. The maximum Gasteiger partial charge on any atom is 0.186 e. The van der Waals surface area contributed by atoms with Crippen LogP contribution in [0.1, 0.15) is 11.3 Å². The van der Waals surface area contributed by atoms with Gasteiger partial charge in [-0.3, -0.25) is 0 Å². The van der Waals surface area contributed by atoms with Crippen molar-refractivity contribution < 1.29 is 5.21 Å². The zero-order chi connectivity index (χ0) is 13.1. The van der Waals surface area contributed by atoms with Gasteiger partial charge in [0.25, 0.3) is 0 Å². The van der Waals surface area contributed by atoms with Crippen LogP contribution < -0.4 is 5.73 Å². The molecule has 1 aromatic carbocycles. The summed E-state index contributed by atoms with van der Waals surface area (Å²) in [6.45, 7) is 0.565. The molecule has 0 unspecified atom stereocenters. The van der Waals surface area contributed by atoms with E-state index in [-0.39, 0.29) is 5.84 Å². The molecule has 0 saturated carbocycles. The van der Waals surface area contributed by atoms with E-state index in [9.17, 15) is 0 Å². The number of aromatic nitrogens is 1. The number of nitrogens with two attached hydrogens (primary N) is 1. The molecule has 18 heavy (non-hydrogen) atoms. The van der Waals surface area contributed by atoms with Gasteiger partial charge in [0, 0.05) is 12.7 Å². The summed E-state index contributed by atoms with van der Waals surface area (Å²) in [5.41, 5.74) is 7.20. The second-order valence-corrected chi connectivity index (χ2v) is 4.57. The molecule has 0 aliphatic carbocycles. The third-order valence-electron chi connectivity index (χ3n) is 2.54. The van der Waals surface area contributed by atoms with Gasteiger partial charge in [-0.2, -0.15) is 0 Å². The third-order valence-corrected chi connectivity index (χ3v) is 3.28. The molecule has 94 valence electrons. The van der Waals surface area contributed by atoms with Crippen molar-refractivity contribution in [3.63, 3.8) is 0 Å². The van der Waals surface area contributed by atoms with E-state index in [1.807, 2.05) is 22.9 Å². The summed E-state index contributed by atoms with van der Waals surface area (Å²) >= 11 is 11.8. The van der Waals surface area contributed by atoms with Crippen molar-refractivity contribution in [2.24, 2.45) is 10.9 Å². The van der Waals surface area contributed by atoms with Gasteiger partial charge in [-0.05, 0) is 29.8 Å². The third kappa shape index (κ3) is 2.60. The number of hydrogen-bond acceptors (Lipinski definition) is 2. The summed E-state index contributed by atoms with van der Waals surface area (Å²) in [7, 11) is 0. The van der Waals surface area contributed by atoms with Gasteiger partial charge in [0.1, 0.15) is 0 Å². The number of hydrogen-bond donors (Lipinski definition) is 2. The first-order chi connectivity index (χ1) is 8.61. The lowest BCUT2D eigenvalue weighted by Gasteiger charge is -2.09. The van der Waals surface area contributed by atoms with E-state index in [1.165, 1.54) is 0 Å². The number of halogens is 2. The van der Waals surface area contributed by atoms with Gasteiger partial charge >= 0.3 is 0 Å². The van der Waals surface area contributed by atoms with Crippen LogP contribution in [0.3, 0.4) is 0 Å². The van der Waals surface area contributed by atoms with Crippen molar-refractivity contribution in [2.75, 3.05) is 0 Å². The number of amidine groups is 1. The molecule has 4 nitrogen and oxygen atoms in total. The van der Waals surface area contributed by atoms with Crippen LogP contribution in [0.4, 0.5) is 0 Å². The maximum atomic E-state index is 8.69. The molecule has 0 bridgehead atoms. The van der Waals surface area contributed by atoms with E-state index >= 15 is 0 Å². The Morgan fingerprint density at radius 2 is 2.06 bits per heavy atom. The van der Waals surface area contributed by atoms with E-state index in [0.29, 0.717) is 22.3 Å². The van der Waals surface area contributed by atoms with E-state index < -0.39 is 0 Å². The highest BCUT2D eigenvalue weighted by Crippen LogP contribution is 2.23. The van der Waals surface area contributed by atoms with Crippen LogP contribution in [-0.4, -0.2) is 15.6 Å². The van der Waals surface area contributed by atoms with Crippen LogP contribution in [0.25, 0.3) is 0 Å². The molecule has 0 radical (unpaired) electrons. The molecule has 0 saturated heterocycles.